The van der Waals surface area contributed by atoms with Crippen molar-refractivity contribution in [3.8, 4) is 0 Å². The molecule has 4 fully saturated rings. The average molecular weight is 453 g/mol. The number of hydrogen-bond donors (Lipinski definition) is 2. The van der Waals surface area contributed by atoms with Crippen LogP contribution < -0.4 is 10.6 Å². The Morgan fingerprint density at radius 2 is 1.34 bits per heavy atom. The topological polar surface area (TPSA) is 58.2 Å². The van der Waals surface area contributed by atoms with Gasteiger partial charge in [0, 0.05) is 10.0 Å². The molecule has 0 aromatic heterocycles. The van der Waals surface area contributed by atoms with Crippen molar-refractivity contribution in [1.29, 1.82) is 0 Å². The molecule has 4 aliphatic carbocycles. The van der Waals surface area contributed by atoms with Crippen LogP contribution >= 0.6 is 15.9 Å². The molecule has 5 heteroatoms. The number of nitrogens with one attached hydrogen (secondary N) is 2. The first-order chi connectivity index (χ1) is 14.0. The third kappa shape index (κ3) is 3.61. The molecule has 0 radical (unpaired) electrons. The van der Waals surface area contributed by atoms with Crippen molar-refractivity contribution in [3.05, 3.63) is 64.1 Å². The molecule has 2 N–H and O–H groups in total. The van der Waals surface area contributed by atoms with E-state index in [1.165, 1.54) is 19.3 Å². The molecular weight excluding hydrogens is 428 g/mol. The van der Waals surface area contributed by atoms with Gasteiger partial charge in [-0.25, -0.2) is 0 Å². The highest BCUT2D eigenvalue weighted by Crippen LogP contribution is 2.55. The van der Waals surface area contributed by atoms with Gasteiger partial charge in [0.2, 0.25) is 0 Å². The monoisotopic (exact) mass is 452 g/mol. The second-order valence-corrected chi connectivity index (χ2v) is 9.99. The molecule has 0 spiro atoms. The summed E-state index contributed by atoms with van der Waals surface area (Å²) in [6, 6.07) is 14.6. The van der Waals surface area contributed by atoms with Gasteiger partial charge >= 0.3 is 0 Å². The zero-order valence-corrected chi connectivity index (χ0v) is 17.9. The highest BCUT2D eigenvalue weighted by Gasteiger charge is 2.51. The molecular formula is C24H25BrN2O2. The van der Waals surface area contributed by atoms with Crippen molar-refractivity contribution in [2.75, 3.05) is 5.32 Å². The number of halogens is 1. The van der Waals surface area contributed by atoms with Crippen molar-refractivity contribution in [3.63, 3.8) is 0 Å². The molecule has 0 heterocycles. The lowest BCUT2D eigenvalue weighted by molar-refractivity contribution is -0.0166. The standard InChI is InChI=1S/C24H25BrN2O2/c25-20-7-3-1-5-18(20)22(28)26-21-8-4-2-6-19(21)23(29)27-24-12-15-9-16(13-24)11-17(10-15)14-24/h1-8,15-17H,9-14H2,(H,26,28)(H,27,29). The average Bonchev–Trinajstić information content (AvgIpc) is 2.67. The third-order valence-corrected chi connectivity index (χ3v) is 7.65. The van der Waals surface area contributed by atoms with Gasteiger partial charge in [-0.15, -0.1) is 0 Å². The number of carbonyl (C=O) groups excluding carboxylic acids is 2. The SMILES string of the molecule is O=C(Nc1ccccc1C(=O)NC12CC3CC(CC(C3)C1)C2)c1ccccc1Br. The number of carbonyl (C=O) groups is 2. The van der Waals surface area contributed by atoms with E-state index >= 15 is 0 Å². The Balaban J connectivity index is 1.36. The molecule has 4 aliphatic rings. The van der Waals surface area contributed by atoms with Crippen molar-refractivity contribution in [1.82, 2.24) is 5.32 Å². The molecule has 2 aromatic rings. The van der Waals surface area contributed by atoms with Gasteiger partial charge in [0.05, 0.1) is 16.8 Å². The van der Waals surface area contributed by atoms with Crippen LogP contribution in [0.2, 0.25) is 0 Å². The maximum atomic E-state index is 13.3. The van der Waals surface area contributed by atoms with Crippen molar-refractivity contribution < 1.29 is 9.59 Å². The van der Waals surface area contributed by atoms with Crippen LogP contribution in [0.4, 0.5) is 5.69 Å². The zero-order chi connectivity index (χ0) is 20.0. The van der Waals surface area contributed by atoms with Gasteiger partial charge in [0.1, 0.15) is 0 Å². The summed E-state index contributed by atoms with van der Waals surface area (Å²) < 4.78 is 0.730. The Kier molecular flexibility index (Phi) is 4.73. The van der Waals surface area contributed by atoms with E-state index in [2.05, 4.69) is 26.6 Å². The summed E-state index contributed by atoms with van der Waals surface area (Å²) in [6.07, 6.45) is 7.35. The number of rotatable bonds is 4. The molecule has 6 rings (SSSR count). The Labute approximate surface area is 179 Å². The van der Waals surface area contributed by atoms with Crippen LogP contribution in [0.3, 0.4) is 0 Å². The summed E-state index contributed by atoms with van der Waals surface area (Å²) in [5, 5.41) is 6.33. The predicted molar refractivity (Wildman–Crippen MR) is 117 cm³/mol. The van der Waals surface area contributed by atoms with Crippen molar-refractivity contribution in [2.45, 2.75) is 44.1 Å². The minimum Gasteiger partial charge on any atom is -0.347 e. The first kappa shape index (κ1) is 18.9. The molecule has 2 amide bonds. The van der Waals surface area contributed by atoms with E-state index in [4.69, 9.17) is 0 Å². The first-order valence-corrected chi connectivity index (χ1v) is 11.3. The van der Waals surface area contributed by atoms with Gasteiger partial charge in [0.15, 0.2) is 0 Å². The number of hydrogen-bond acceptors (Lipinski definition) is 2. The summed E-state index contributed by atoms with van der Waals surface area (Å²) in [6.45, 7) is 0. The number of anilines is 1. The largest absolute Gasteiger partial charge is 0.347 e. The van der Waals surface area contributed by atoms with Crippen LogP contribution in [0.15, 0.2) is 53.0 Å². The summed E-state index contributed by atoms with van der Waals surface area (Å²) >= 11 is 3.42. The van der Waals surface area contributed by atoms with Gasteiger partial charge in [-0.05, 0) is 96.5 Å². The lowest BCUT2D eigenvalue weighted by Crippen LogP contribution is -2.59. The lowest BCUT2D eigenvalue weighted by atomic mass is 9.53. The van der Waals surface area contributed by atoms with Gasteiger partial charge in [-0.2, -0.15) is 0 Å². The Hall–Kier alpha value is -2.14. The van der Waals surface area contributed by atoms with Crippen LogP contribution in [0, 0.1) is 17.8 Å². The first-order valence-electron chi connectivity index (χ1n) is 10.5. The minimum atomic E-state index is -0.229. The van der Waals surface area contributed by atoms with Gasteiger partial charge in [-0.1, -0.05) is 24.3 Å². The molecule has 150 valence electrons. The summed E-state index contributed by atoms with van der Waals surface area (Å²) in [5.74, 6) is 2.01. The molecule has 2 aromatic carbocycles. The highest BCUT2D eigenvalue weighted by atomic mass is 79.9. The number of para-hydroxylation sites is 1. The fourth-order valence-electron chi connectivity index (χ4n) is 6.20. The van der Waals surface area contributed by atoms with Crippen LogP contribution in [0.25, 0.3) is 0 Å². The zero-order valence-electron chi connectivity index (χ0n) is 16.3. The molecule has 29 heavy (non-hydrogen) atoms. The maximum Gasteiger partial charge on any atom is 0.256 e. The van der Waals surface area contributed by atoms with Crippen LogP contribution in [0.5, 0.6) is 0 Å². The second kappa shape index (κ2) is 7.28. The fraction of sp³-hybridized carbons (Fsp3) is 0.417. The Morgan fingerprint density at radius 3 is 1.97 bits per heavy atom. The second-order valence-electron chi connectivity index (χ2n) is 9.13. The molecule has 4 nitrogen and oxygen atoms in total. The van der Waals surface area contributed by atoms with Gasteiger partial charge < -0.3 is 10.6 Å². The smallest absolute Gasteiger partial charge is 0.256 e. The third-order valence-electron chi connectivity index (χ3n) is 6.96. The van der Waals surface area contributed by atoms with Gasteiger partial charge in [0.25, 0.3) is 11.8 Å². The van der Waals surface area contributed by atoms with E-state index in [-0.39, 0.29) is 17.4 Å². The highest BCUT2D eigenvalue weighted by molar-refractivity contribution is 9.10. The van der Waals surface area contributed by atoms with Crippen LogP contribution in [-0.4, -0.2) is 17.4 Å². The van der Waals surface area contributed by atoms with Crippen LogP contribution in [0.1, 0.15) is 59.2 Å². The molecule has 0 unspecified atom stereocenters. The normalized spacial score (nSPS) is 29.5. The number of benzene rings is 2. The lowest BCUT2D eigenvalue weighted by Gasteiger charge is -2.56. The van der Waals surface area contributed by atoms with E-state index in [9.17, 15) is 9.59 Å². The molecule has 4 saturated carbocycles. The quantitative estimate of drug-likeness (QED) is 0.652. The Bertz CT molecular complexity index is 936. The molecule has 4 bridgehead atoms. The van der Waals surface area contributed by atoms with E-state index < -0.39 is 0 Å². The summed E-state index contributed by atoms with van der Waals surface area (Å²) in [5.41, 5.74) is 1.58. The van der Waals surface area contributed by atoms with E-state index in [0.29, 0.717) is 16.8 Å². The molecule has 0 atom stereocenters. The van der Waals surface area contributed by atoms with E-state index in [0.717, 1.165) is 41.5 Å². The van der Waals surface area contributed by atoms with Crippen LogP contribution in [-0.2, 0) is 0 Å². The van der Waals surface area contributed by atoms with Crippen molar-refractivity contribution >= 4 is 33.4 Å². The summed E-state index contributed by atoms with van der Waals surface area (Å²) in [4.78, 5) is 26.0. The van der Waals surface area contributed by atoms with E-state index in [1.807, 2.05) is 30.3 Å². The number of amides is 2. The van der Waals surface area contributed by atoms with Gasteiger partial charge in [-0.3, -0.25) is 9.59 Å². The fourth-order valence-corrected chi connectivity index (χ4v) is 6.66. The van der Waals surface area contributed by atoms with E-state index in [1.54, 1.807) is 18.2 Å². The minimum absolute atomic E-state index is 0.0502. The summed E-state index contributed by atoms with van der Waals surface area (Å²) in [7, 11) is 0. The molecule has 0 aliphatic heterocycles. The molecule has 0 saturated heterocycles. The maximum absolute atomic E-state index is 13.3. The Morgan fingerprint density at radius 1 is 0.793 bits per heavy atom. The van der Waals surface area contributed by atoms with Crippen molar-refractivity contribution in [2.24, 2.45) is 17.8 Å². The predicted octanol–water partition coefficient (Wildman–Crippen LogP) is 5.40.